The van der Waals surface area contributed by atoms with Gasteiger partial charge in [0.25, 0.3) is 0 Å². The minimum absolute atomic E-state index is 0.00685. The first-order valence-electron chi connectivity index (χ1n) is 5.51. The van der Waals surface area contributed by atoms with Gasteiger partial charge in [-0.1, -0.05) is 0 Å². The van der Waals surface area contributed by atoms with E-state index >= 15 is 0 Å². The maximum Gasteiger partial charge on any atom is 0.168 e. The molecule has 1 aliphatic heterocycles. The van der Waals surface area contributed by atoms with Gasteiger partial charge in [-0.15, -0.1) is 0 Å². The zero-order chi connectivity index (χ0) is 11.7. The molecule has 0 spiro atoms. The van der Waals surface area contributed by atoms with Crippen LogP contribution >= 0.6 is 0 Å². The van der Waals surface area contributed by atoms with Crippen molar-refractivity contribution in [1.29, 1.82) is 0 Å². The minimum Gasteiger partial charge on any atom is -0.378 e. The van der Waals surface area contributed by atoms with E-state index in [0.29, 0.717) is 12.2 Å². The van der Waals surface area contributed by atoms with E-state index in [1.54, 1.807) is 13.0 Å². The van der Waals surface area contributed by atoms with Gasteiger partial charge >= 0.3 is 0 Å². The predicted octanol–water partition coefficient (Wildman–Crippen LogP) is 2.74. The summed E-state index contributed by atoms with van der Waals surface area (Å²) >= 11 is 0. The molecule has 1 aromatic carbocycles. The van der Waals surface area contributed by atoms with Gasteiger partial charge in [-0.05, 0) is 44.0 Å². The Morgan fingerprint density at radius 1 is 1.44 bits per heavy atom. The summed E-state index contributed by atoms with van der Waals surface area (Å²) in [5, 5.41) is 0. The first-order valence-corrected chi connectivity index (χ1v) is 5.51. The number of ether oxygens (including phenoxy) is 1. The number of halogens is 1. The highest BCUT2D eigenvalue weighted by Gasteiger charge is 2.31. The Morgan fingerprint density at radius 3 is 2.75 bits per heavy atom. The van der Waals surface area contributed by atoms with Gasteiger partial charge in [-0.2, -0.15) is 0 Å². The number of Topliss-reactive ketones (excluding diaryl/α,β-unsaturated/α-hetero) is 1. The molecule has 0 aromatic heterocycles. The molecule has 86 valence electrons. The number of carbonyl (C=O) groups excluding carboxylic acids is 1. The Kier molecular flexibility index (Phi) is 3.06. The van der Waals surface area contributed by atoms with E-state index in [1.807, 2.05) is 6.92 Å². The molecule has 2 nitrogen and oxygen atoms in total. The summed E-state index contributed by atoms with van der Waals surface area (Å²) < 4.78 is 18.5. The smallest absolute Gasteiger partial charge is 0.168 e. The molecule has 1 heterocycles. The van der Waals surface area contributed by atoms with Crippen LogP contribution < -0.4 is 0 Å². The lowest BCUT2D eigenvalue weighted by Gasteiger charge is -2.13. The van der Waals surface area contributed by atoms with E-state index in [1.165, 1.54) is 12.1 Å². The van der Waals surface area contributed by atoms with Crippen molar-refractivity contribution in [3.05, 3.63) is 35.1 Å². The van der Waals surface area contributed by atoms with Gasteiger partial charge in [0.15, 0.2) is 5.78 Å². The fourth-order valence-corrected chi connectivity index (χ4v) is 2.17. The summed E-state index contributed by atoms with van der Waals surface area (Å²) in [5.41, 5.74) is 1.23. The van der Waals surface area contributed by atoms with Gasteiger partial charge in [0.05, 0.1) is 12.0 Å². The fourth-order valence-electron chi connectivity index (χ4n) is 2.17. The van der Waals surface area contributed by atoms with E-state index in [9.17, 15) is 9.18 Å². The third-order valence-corrected chi connectivity index (χ3v) is 3.04. The predicted molar refractivity (Wildman–Crippen MR) is 59.0 cm³/mol. The quantitative estimate of drug-likeness (QED) is 0.719. The number of benzene rings is 1. The zero-order valence-electron chi connectivity index (χ0n) is 9.50. The number of hydrogen-bond acceptors (Lipinski definition) is 2. The van der Waals surface area contributed by atoms with Gasteiger partial charge in [0.1, 0.15) is 5.82 Å². The lowest BCUT2D eigenvalue weighted by atomic mass is 9.92. The van der Waals surface area contributed by atoms with Crippen LogP contribution in [0, 0.1) is 18.7 Å². The van der Waals surface area contributed by atoms with Gasteiger partial charge < -0.3 is 4.74 Å². The molecule has 2 atom stereocenters. The van der Waals surface area contributed by atoms with Crippen molar-refractivity contribution in [1.82, 2.24) is 0 Å². The highest BCUT2D eigenvalue weighted by atomic mass is 19.1. The van der Waals surface area contributed by atoms with E-state index < -0.39 is 0 Å². The Bertz CT molecular complexity index is 394. The van der Waals surface area contributed by atoms with Crippen LogP contribution in [0.5, 0.6) is 0 Å². The van der Waals surface area contributed by atoms with E-state index in [0.717, 1.165) is 12.0 Å². The van der Waals surface area contributed by atoms with Gasteiger partial charge in [0.2, 0.25) is 0 Å². The molecule has 1 fully saturated rings. The van der Waals surface area contributed by atoms with Crippen molar-refractivity contribution < 1.29 is 13.9 Å². The van der Waals surface area contributed by atoms with Crippen molar-refractivity contribution in [3.63, 3.8) is 0 Å². The monoisotopic (exact) mass is 222 g/mol. The highest BCUT2D eigenvalue weighted by molar-refractivity contribution is 5.98. The number of aryl methyl sites for hydroxylation is 1. The van der Waals surface area contributed by atoms with Crippen LogP contribution in [0.25, 0.3) is 0 Å². The molecule has 0 radical (unpaired) electrons. The second-order valence-electron chi connectivity index (χ2n) is 4.35. The Labute approximate surface area is 94.4 Å². The summed E-state index contributed by atoms with van der Waals surface area (Å²) in [5.74, 6) is -0.483. The van der Waals surface area contributed by atoms with Gasteiger partial charge in [-0.25, -0.2) is 4.39 Å². The number of rotatable bonds is 2. The molecule has 1 aliphatic rings. The van der Waals surface area contributed by atoms with Crippen molar-refractivity contribution in [2.24, 2.45) is 5.92 Å². The van der Waals surface area contributed by atoms with Crippen LogP contribution in [0.4, 0.5) is 4.39 Å². The maximum absolute atomic E-state index is 13.2. The second-order valence-corrected chi connectivity index (χ2v) is 4.35. The lowest BCUT2D eigenvalue weighted by molar-refractivity contribution is 0.0764. The third-order valence-electron chi connectivity index (χ3n) is 3.04. The minimum atomic E-state index is -0.352. The SMILES string of the molecule is Cc1cc(F)cc(C(=O)C2CCOC2C)c1. The standard InChI is InChI=1S/C13H15FO2/c1-8-5-10(7-11(14)6-8)13(15)12-3-4-16-9(12)2/h5-7,9,12H,3-4H2,1-2H3. The maximum atomic E-state index is 13.2. The number of ketones is 1. The Hall–Kier alpha value is -1.22. The molecule has 1 saturated heterocycles. The molecule has 0 bridgehead atoms. The van der Waals surface area contributed by atoms with Crippen LogP contribution in [0.2, 0.25) is 0 Å². The van der Waals surface area contributed by atoms with Crippen LogP contribution in [0.15, 0.2) is 18.2 Å². The molecule has 0 amide bonds. The summed E-state index contributed by atoms with van der Waals surface area (Å²) in [6.45, 7) is 4.29. The van der Waals surface area contributed by atoms with Crippen LogP contribution in [0.1, 0.15) is 29.3 Å². The lowest BCUT2D eigenvalue weighted by Crippen LogP contribution is -2.21. The molecule has 0 saturated carbocycles. The molecule has 2 rings (SSSR count). The molecular formula is C13H15FO2. The number of hydrogen-bond donors (Lipinski definition) is 0. The molecule has 3 heteroatoms. The largest absolute Gasteiger partial charge is 0.378 e. The summed E-state index contributed by atoms with van der Waals surface area (Å²) in [4.78, 5) is 12.1. The molecule has 16 heavy (non-hydrogen) atoms. The van der Waals surface area contributed by atoms with Crippen molar-refractivity contribution >= 4 is 5.78 Å². The number of carbonyl (C=O) groups is 1. The van der Waals surface area contributed by atoms with Gasteiger partial charge in [0, 0.05) is 12.2 Å². The molecule has 2 unspecified atom stereocenters. The summed E-state index contributed by atoms with van der Waals surface area (Å²) in [6.07, 6.45) is 0.673. The second kappa shape index (κ2) is 4.34. The highest BCUT2D eigenvalue weighted by Crippen LogP contribution is 2.25. The molecular weight excluding hydrogens is 207 g/mol. The van der Waals surface area contributed by atoms with Crippen molar-refractivity contribution in [3.8, 4) is 0 Å². The fraction of sp³-hybridized carbons (Fsp3) is 0.462. The van der Waals surface area contributed by atoms with E-state index in [2.05, 4.69) is 0 Å². The van der Waals surface area contributed by atoms with Crippen molar-refractivity contribution in [2.45, 2.75) is 26.4 Å². The van der Waals surface area contributed by atoms with E-state index in [4.69, 9.17) is 4.74 Å². The third kappa shape index (κ3) is 2.14. The molecule has 1 aromatic rings. The van der Waals surface area contributed by atoms with Crippen LogP contribution in [-0.4, -0.2) is 18.5 Å². The normalized spacial score (nSPS) is 24.7. The Balaban J connectivity index is 2.26. The topological polar surface area (TPSA) is 26.3 Å². The average Bonchev–Trinajstić information content (AvgIpc) is 2.62. The zero-order valence-corrected chi connectivity index (χ0v) is 9.50. The first-order chi connectivity index (χ1) is 7.58. The van der Waals surface area contributed by atoms with Crippen LogP contribution in [-0.2, 0) is 4.74 Å². The first kappa shape index (κ1) is 11.3. The Morgan fingerprint density at radius 2 is 2.19 bits per heavy atom. The molecule has 0 N–H and O–H groups in total. The average molecular weight is 222 g/mol. The summed E-state index contributed by atoms with van der Waals surface area (Å²) in [7, 11) is 0. The summed E-state index contributed by atoms with van der Waals surface area (Å²) in [6, 6.07) is 4.46. The van der Waals surface area contributed by atoms with Crippen molar-refractivity contribution in [2.75, 3.05) is 6.61 Å². The molecule has 0 aliphatic carbocycles. The van der Waals surface area contributed by atoms with Crippen LogP contribution in [0.3, 0.4) is 0 Å². The van der Waals surface area contributed by atoms with Gasteiger partial charge in [-0.3, -0.25) is 4.79 Å². The van der Waals surface area contributed by atoms with E-state index in [-0.39, 0.29) is 23.6 Å².